The van der Waals surface area contributed by atoms with Gasteiger partial charge in [0.2, 0.25) is 5.91 Å². The zero-order valence-electron chi connectivity index (χ0n) is 17.0. The van der Waals surface area contributed by atoms with Gasteiger partial charge in [0.1, 0.15) is 11.9 Å². The number of fused-ring (bicyclic) bond motifs is 2. The monoisotopic (exact) mass is 401 g/mol. The number of aromatic nitrogens is 4. The summed E-state index contributed by atoms with van der Waals surface area (Å²) in [7, 11) is 0. The normalized spacial score (nSPS) is 17.7. The van der Waals surface area contributed by atoms with Crippen LogP contribution in [0.15, 0.2) is 53.6 Å². The van der Waals surface area contributed by atoms with Crippen LogP contribution < -0.4 is 5.56 Å². The summed E-state index contributed by atoms with van der Waals surface area (Å²) in [6, 6.07) is 12.5. The van der Waals surface area contributed by atoms with Crippen LogP contribution in [-0.2, 0) is 4.79 Å². The van der Waals surface area contributed by atoms with Gasteiger partial charge < -0.3 is 9.88 Å². The number of amides is 1. The SMILES string of the molecule is Cc1ccc2nc([C@H]3CCCN3C(=O)[C@@H](C)n3cnc4ccccc4c3=O)[nH]c2c1. The first kappa shape index (κ1) is 18.5. The van der Waals surface area contributed by atoms with E-state index in [0.717, 1.165) is 35.3 Å². The second-order valence-electron chi connectivity index (χ2n) is 7.98. The van der Waals surface area contributed by atoms with E-state index < -0.39 is 6.04 Å². The van der Waals surface area contributed by atoms with E-state index in [9.17, 15) is 9.59 Å². The molecule has 2 aromatic heterocycles. The van der Waals surface area contributed by atoms with Crippen molar-refractivity contribution in [3.63, 3.8) is 0 Å². The fourth-order valence-corrected chi connectivity index (χ4v) is 4.33. The number of para-hydroxylation sites is 1. The molecule has 0 aliphatic carbocycles. The third-order valence-corrected chi connectivity index (χ3v) is 5.97. The molecule has 7 nitrogen and oxygen atoms in total. The number of carbonyl (C=O) groups excluding carboxylic acids is 1. The van der Waals surface area contributed by atoms with E-state index in [2.05, 4.69) is 16.0 Å². The average Bonchev–Trinajstić information content (AvgIpc) is 3.39. The van der Waals surface area contributed by atoms with Gasteiger partial charge >= 0.3 is 0 Å². The Balaban J connectivity index is 1.47. The molecule has 0 unspecified atom stereocenters. The Kier molecular flexibility index (Phi) is 4.38. The Morgan fingerprint density at radius 2 is 2.03 bits per heavy atom. The molecule has 3 heterocycles. The van der Waals surface area contributed by atoms with E-state index in [0.29, 0.717) is 17.4 Å². The van der Waals surface area contributed by atoms with Crippen molar-refractivity contribution in [1.82, 2.24) is 24.4 Å². The topological polar surface area (TPSA) is 83.9 Å². The lowest BCUT2D eigenvalue weighted by atomic mass is 10.2. The quantitative estimate of drug-likeness (QED) is 0.569. The second-order valence-corrected chi connectivity index (χ2v) is 7.98. The molecule has 1 aliphatic heterocycles. The van der Waals surface area contributed by atoms with Gasteiger partial charge in [-0.25, -0.2) is 9.97 Å². The van der Waals surface area contributed by atoms with Crippen molar-refractivity contribution in [2.75, 3.05) is 6.54 Å². The van der Waals surface area contributed by atoms with Crippen molar-refractivity contribution < 1.29 is 4.79 Å². The minimum Gasteiger partial charge on any atom is -0.340 e. The van der Waals surface area contributed by atoms with Crippen LogP contribution >= 0.6 is 0 Å². The van der Waals surface area contributed by atoms with E-state index in [-0.39, 0.29) is 17.5 Å². The predicted octanol–water partition coefficient (Wildman–Crippen LogP) is 3.51. The minimum atomic E-state index is -0.637. The highest BCUT2D eigenvalue weighted by molar-refractivity contribution is 5.82. The zero-order chi connectivity index (χ0) is 20.8. The highest BCUT2D eigenvalue weighted by atomic mass is 16.2. The largest absolute Gasteiger partial charge is 0.340 e. The van der Waals surface area contributed by atoms with Crippen molar-refractivity contribution in [3.05, 3.63) is 70.5 Å². The van der Waals surface area contributed by atoms with Gasteiger partial charge in [0.05, 0.1) is 34.3 Å². The van der Waals surface area contributed by atoms with Gasteiger partial charge in [0.15, 0.2) is 0 Å². The van der Waals surface area contributed by atoms with Crippen LogP contribution in [0.4, 0.5) is 0 Å². The summed E-state index contributed by atoms with van der Waals surface area (Å²) < 4.78 is 1.43. The molecule has 7 heteroatoms. The number of nitrogens with one attached hydrogen (secondary N) is 1. The molecule has 0 radical (unpaired) electrons. The molecular formula is C23H23N5O2. The molecule has 0 bridgehead atoms. The molecule has 1 fully saturated rings. The minimum absolute atomic E-state index is 0.0895. The van der Waals surface area contributed by atoms with Crippen molar-refractivity contribution in [2.24, 2.45) is 0 Å². The predicted molar refractivity (Wildman–Crippen MR) is 115 cm³/mol. The maximum absolute atomic E-state index is 13.4. The molecule has 1 amide bonds. The fourth-order valence-electron chi connectivity index (χ4n) is 4.33. The molecule has 0 saturated carbocycles. The van der Waals surface area contributed by atoms with E-state index in [1.807, 2.05) is 36.1 Å². The molecule has 4 aromatic rings. The molecule has 0 spiro atoms. The Morgan fingerprint density at radius 3 is 2.90 bits per heavy atom. The number of imidazole rings is 1. The summed E-state index contributed by atoms with van der Waals surface area (Å²) in [5, 5.41) is 0.519. The number of likely N-dealkylation sites (tertiary alicyclic amines) is 1. The van der Waals surface area contributed by atoms with Crippen molar-refractivity contribution in [3.8, 4) is 0 Å². The molecular weight excluding hydrogens is 378 g/mol. The standard InChI is InChI=1S/C23H23N5O2/c1-14-9-10-18-19(12-14)26-21(25-18)20-8-5-11-27(20)22(29)15(2)28-13-24-17-7-4-3-6-16(17)23(28)30/h3-4,6-7,9-10,12-13,15,20H,5,8,11H2,1-2H3,(H,25,26)/t15-,20-/m1/s1. The first-order valence-electron chi connectivity index (χ1n) is 10.3. The van der Waals surface area contributed by atoms with Gasteiger partial charge in [-0.15, -0.1) is 0 Å². The van der Waals surface area contributed by atoms with Crippen LogP contribution in [0.25, 0.3) is 21.9 Å². The number of carbonyl (C=O) groups is 1. The van der Waals surface area contributed by atoms with Crippen LogP contribution in [0, 0.1) is 6.92 Å². The van der Waals surface area contributed by atoms with E-state index in [1.54, 1.807) is 19.1 Å². The fraction of sp³-hybridized carbons (Fsp3) is 0.304. The van der Waals surface area contributed by atoms with Gasteiger partial charge in [-0.3, -0.25) is 14.2 Å². The summed E-state index contributed by atoms with van der Waals surface area (Å²) in [6.07, 6.45) is 3.23. The number of H-pyrrole nitrogens is 1. The molecule has 1 aliphatic rings. The van der Waals surface area contributed by atoms with Crippen LogP contribution in [0.5, 0.6) is 0 Å². The summed E-state index contributed by atoms with van der Waals surface area (Å²) >= 11 is 0. The summed E-state index contributed by atoms with van der Waals surface area (Å²) in [6.45, 7) is 4.46. The number of hydrogen-bond acceptors (Lipinski definition) is 4. The lowest BCUT2D eigenvalue weighted by Gasteiger charge is -2.27. The highest BCUT2D eigenvalue weighted by Crippen LogP contribution is 2.33. The Labute approximate surface area is 173 Å². The molecule has 152 valence electrons. The van der Waals surface area contributed by atoms with E-state index in [4.69, 9.17) is 4.98 Å². The maximum atomic E-state index is 13.4. The second kappa shape index (κ2) is 7.09. The van der Waals surface area contributed by atoms with Crippen LogP contribution in [0.1, 0.15) is 43.2 Å². The van der Waals surface area contributed by atoms with Crippen LogP contribution in [-0.4, -0.2) is 36.9 Å². The van der Waals surface area contributed by atoms with Crippen molar-refractivity contribution >= 4 is 27.8 Å². The lowest BCUT2D eigenvalue weighted by molar-refractivity contribution is -0.135. The number of nitrogens with zero attached hydrogens (tertiary/aromatic N) is 4. The van der Waals surface area contributed by atoms with Gasteiger partial charge in [-0.1, -0.05) is 18.2 Å². The first-order valence-corrected chi connectivity index (χ1v) is 10.3. The Bertz CT molecular complexity index is 1320. The molecule has 2 aromatic carbocycles. The molecule has 1 N–H and O–H groups in total. The van der Waals surface area contributed by atoms with Gasteiger partial charge in [-0.2, -0.15) is 0 Å². The number of rotatable bonds is 3. The number of aryl methyl sites for hydroxylation is 1. The third kappa shape index (κ3) is 2.98. The van der Waals surface area contributed by atoms with E-state index >= 15 is 0 Å². The van der Waals surface area contributed by atoms with Gasteiger partial charge in [0.25, 0.3) is 5.56 Å². The van der Waals surface area contributed by atoms with E-state index in [1.165, 1.54) is 10.9 Å². The van der Waals surface area contributed by atoms with Gasteiger partial charge in [0, 0.05) is 6.54 Å². The zero-order valence-corrected chi connectivity index (χ0v) is 17.0. The average molecular weight is 401 g/mol. The molecule has 5 rings (SSSR count). The molecule has 1 saturated heterocycles. The summed E-state index contributed by atoms with van der Waals surface area (Å²) in [5.41, 5.74) is 3.48. The highest BCUT2D eigenvalue weighted by Gasteiger charge is 2.35. The summed E-state index contributed by atoms with van der Waals surface area (Å²) in [4.78, 5) is 40.6. The van der Waals surface area contributed by atoms with Crippen LogP contribution in [0.2, 0.25) is 0 Å². The number of hydrogen-bond donors (Lipinski definition) is 1. The maximum Gasteiger partial charge on any atom is 0.261 e. The number of benzene rings is 2. The van der Waals surface area contributed by atoms with Crippen LogP contribution in [0.3, 0.4) is 0 Å². The van der Waals surface area contributed by atoms with Crippen molar-refractivity contribution in [2.45, 2.75) is 38.8 Å². The lowest BCUT2D eigenvalue weighted by Crippen LogP contribution is -2.39. The third-order valence-electron chi connectivity index (χ3n) is 5.97. The smallest absolute Gasteiger partial charge is 0.261 e. The molecule has 30 heavy (non-hydrogen) atoms. The summed E-state index contributed by atoms with van der Waals surface area (Å²) in [5.74, 6) is 0.714. The molecule has 2 atom stereocenters. The van der Waals surface area contributed by atoms with Gasteiger partial charge in [-0.05, 0) is 56.5 Å². The Morgan fingerprint density at radius 1 is 1.20 bits per heavy atom. The number of aromatic amines is 1. The Hall–Kier alpha value is -3.48. The van der Waals surface area contributed by atoms with Crippen molar-refractivity contribution in [1.29, 1.82) is 0 Å². The first-order chi connectivity index (χ1) is 14.5.